The van der Waals surface area contributed by atoms with Crippen molar-refractivity contribution in [2.75, 3.05) is 11.9 Å². The van der Waals surface area contributed by atoms with E-state index in [4.69, 9.17) is 4.74 Å². The van der Waals surface area contributed by atoms with Gasteiger partial charge in [0.05, 0.1) is 5.00 Å². The van der Waals surface area contributed by atoms with Gasteiger partial charge in [0.25, 0.3) is 5.91 Å². The zero-order valence-electron chi connectivity index (χ0n) is 16.7. The van der Waals surface area contributed by atoms with Crippen LogP contribution < -0.4 is 16.0 Å². The van der Waals surface area contributed by atoms with Crippen LogP contribution in [0.5, 0.6) is 0 Å². The highest BCUT2D eigenvalue weighted by Crippen LogP contribution is 2.29. The predicted molar refractivity (Wildman–Crippen MR) is 104 cm³/mol. The van der Waals surface area contributed by atoms with Gasteiger partial charge in [-0.3, -0.25) is 14.9 Å². The van der Waals surface area contributed by atoms with Crippen molar-refractivity contribution in [1.82, 2.24) is 10.6 Å². The Morgan fingerprint density at radius 2 is 1.67 bits per heavy atom. The number of anilines is 1. The standard InChI is InChI=1S/C18H27N3O5S/c1-10-8-12(20-15(24)17(2,3)4)27-13(10)14(23)26-9-11(22)19-16(25)21-18(5,6)7/h8H,9H2,1-7H3,(H,20,24)(H2,19,21,22,25). The molecule has 4 amide bonds. The number of ether oxygens (including phenoxy) is 1. The van der Waals surface area contributed by atoms with Crippen LogP contribution in [0.4, 0.5) is 9.80 Å². The van der Waals surface area contributed by atoms with Crippen molar-refractivity contribution in [2.45, 2.75) is 54.0 Å². The maximum atomic E-state index is 12.2. The van der Waals surface area contributed by atoms with Gasteiger partial charge in [-0.2, -0.15) is 0 Å². The number of carbonyl (C=O) groups excluding carboxylic acids is 4. The monoisotopic (exact) mass is 397 g/mol. The van der Waals surface area contributed by atoms with E-state index >= 15 is 0 Å². The zero-order valence-corrected chi connectivity index (χ0v) is 17.6. The number of esters is 1. The van der Waals surface area contributed by atoms with Gasteiger partial charge in [0.2, 0.25) is 5.91 Å². The molecule has 0 atom stereocenters. The maximum Gasteiger partial charge on any atom is 0.349 e. The van der Waals surface area contributed by atoms with Crippen molar-refractivity contribution >= 4 is 40.2 Å². The van der Waals surface area contributed by atoms with Gasteiger partial charge in [-0.05, 0) is 39.3 Å². The van der Waals surface area contributed by atoms with Crippen LogP contribution in [-0.4, -0.2) is 36.0 Å². The third-order valence-corrected chi connectivity index (χ3v) is 4.23. The molecule has 9 heteroatoms. The van der Waals surface area contributed by atoms with Gasteiger partial charge >= 0.3 is 12.0 Å². The van der Waals surface area contributed by atoms with E-state index in [1.165, 1.54) is 0 Å². The number of thiophene rings is 1. The van der Waals surface area contributed by atoms with Crippen molar-refractivity contribution < 1.29 is 23.9 Å². The summed E-state index contributed by atoms with van der Waals surface area (Å²) in [6.45, 7) is 11.8. The fourth-order valence-corrected chi connectivity index (χ4v) is 2.74. The second kappa shape index (κ2) is 8.51. The van der Waals surface area contributed by atoms with E-state index in [0.29, 0.717) is 10.6 Å². The second-order valence-electron chi connectivity index (χ2n) is 8.16. The number of amides is 4. The third kappa shape index (κ3) is 7.78. The van der Waals surface area contributed by atoms with Gasteiger partial charge in [-0.15, -0.1) is 11.3 Å². The first-order valence-electron chi connectivity index (χ1n) is 8.40. The van der Waals surface area contributed by atoms with Crippen molar-refractivity contribution in [3.8, 4) is 0 Å². The summed E-state index contributed by atoms with van der Waals surface area (Å²) < 4.78 is 4.95. The molecule has 0 bridgehead atoms. The molecule has 0 unspecified atom stereocenters. The molecule has 0 spiro atoms. The Kier molecular flexibility index (Phi) is 7.13. The first-order valence-corrected chi connectivity index (χ1v) is 9.21. The minimum Gasteiger partial charge on any atom is -0.451 e. The van der Waals surface area contributed by atoms with E-state index < -0.39 is 35.5 Å². The summed E-state index contributed by atoms with van der Waals surface area (Å²) in [6.07, 6.45) is 0. The Morgan fingerprint density at radius 3 is 2.19 bits per heavy atom. The summed E-state index contributed by atoms with van der Waals surface area (Å²) in [4.78, 5) is 47.8. The number of hydrogen-bond acceptors (Lipinski definition) is 6. The average molecular weight is 397 g/mol. The van der Waals surface area contributed by atoms with Crippen LogP contribution >= 0.6 is 11.3 Å². The van der Waals surface area contributed by atoms with E-state index in [1.54, 1.807) is 54.5 Å². The van der Waals surface area contributed by atoms with Crippen LogP contribution in [0.25, 0.3) is 0 Å². The molecule has 0 aromatic carbocycles. The highest BCUT2D eigenvalue weighted by molar-refractivity contribution is 7.18. The van der Waals surface area contributed by atoms with Crippen LogP contribution in [0.15, 0.2) is 6.07 Å². The van der Waals surface area contributed by atoms with Crippen molar-refractivity contribution in [3.63, 3.8) is 0 Å². The summed E-state index contributed by atoms with van der Waals surface area (Å²) in [5, 5.41) is 7.92. The molecular formula is C18H27N3O5S. The molecule has 0 saturated heterocycles. The Bertz CT molecular complexity index is 741. The molecule has 1 heterocycles. The number of imide groups is 1. The summed E-state index contributed by atoms with van der Waals surface area (Å²) in [5.74, 6) is -1.60. The highest BCUT2D eigenvalue weighted by Gasteiger charge is 2.24. The number of aryl methyl sites for hydroxylation is 1. The lowest BCUT2D eigenvalue weighted by Gasteiger charge is -2.20. The largest absolute Gasteiger partial charge is 0.451 e. The van der Waals surface area contributed by atoms with Crippen molar-refractivity contribution in [1.29, 1.82) is 0 Å². The smallest absolute Gasteiger partial charge is 0.349 e. The van der Waals surface area contributed by atoms with E-state index in [0.717, 1.165) is 11.3 Å². The quantitative estimate of drug-likeness (QED) is 0.676. The fraction of sp³-hybridized carbons (Fsp3) is 0.556. The predicted octanol–water partition coefficient (Wildman–Crippen LogP) is 2.82. The number of nitrogens with one attached hydrogen (secondary N) is 3. The van der Waals surface area contributed by atoms with E-state index in [2.05, 4.69) is 16.0 Å². The minimum absolute atomic E-state index is 0.173. The molecule has 1 aromatic heterocycles. The lowest BCUT2D eigenvalue weighted by Crippen LogP contribution is -2.49. The van der Waals surface area contributed by atoms with Crippen LogP contribution in [0.3, 0.4) is 0 Å². The van der Waals surface area contributed by atoms with Gasteiger partial charge in [0.15, 0.2) is 6.61 Å². The molecule has 1 rings (SSSR count). The number of rotatable bonds is 4. The van der Waals surface area contributed by atoms with E-state index in [1.807, 2.05) is 0 Å². The zero-order chi connectivity index (χ0) is 21.0. The highest BCUT2D eigenvalue weighted by atomic mass is 32.1. The molecule has 0 aliphatic heterocycles. The molecule has 0 aliphatic rings. The Labute approximate surface area is 163 Å². The van der Waals surface area contributed by atoms with Crippen LogP contribution in [0, 0.1) is 12.3 Å². The number of urea groups is 1. The Morgan fingerprint density at radius 1 is 1.07 bits per heavy atom. The average Bonchev–Trinajstić information content (AvgIpc) is 2.82. The Balaban J connectivity index is 2.62. The van der Waals surface area contributed by atoms with Gasteiger partial charge in [-0.25, -0.2) is 9.59 Å². The summed E-state index contributed by atoms with van der Waals surface area (Å²) >= 11 is 1.07. The first kappa shape index (κ1) is 22.6. The molecule has 0 fully saturated rings. The molecule has 8 nitrogen and oxygen atoms in total. The fourth-order valence-electron chi connectivity index (χ4n) is 1.78. The maximum absolute atomic E-state index is 12.2. The van der Waals surface area contributed by atoms with Gasteiger partial charge in [-0.1, -0.05) is 20.8 Å². The summed E-state index contributed by atoms with van der Waals surface area (Å²) in [7, 11) is 0. The number of hydrogen-bond donors (Lipinski definition) is 3. The lowest BCUT2D eigenvalue weighted by molar-refractivity contribution is -0.123. The van der Waals surface area contributed by atoms with Crippen molar-refractivity contribution in [2.24, 2.45) is 5.41 Å². The molecule has 0 saturated carbocycles. The number of carbonyl (C=O) groups is 4. The van der Waals surface area contributed by atoms with Gasteiger partial charge < -0.3 is 15.4 Å². The van der Waals surface area contributed by atoms with E-state index in [-0.39, 0.29) is 10.8 Å². The van der Waals surface area contributed by atoms with Crippen LogP contribution in [-0.2, 0) is 14.3 Å². The SMILES string of the molecule is Cc1cc(NC(=O)C(C)(C)C)sc1C(=O)OCC(=O)NC(=O)NC(C)(C)C. The molecular weight excluding hydrogens is 370 g/mol. The van der Waals surface area contributed by atoms with Crippen LogP contribution in [0.1, 0.15) is 56.8 Å². The molecule has 0 radical (unpaired) electrons. The normalized spacial score (nSPS) is 11.5. The third-order valence-electron chi connectivity index (χ3n) is 3.10. The van der Waals surface area contributed by atoms with Gasteiger partial charge in [0.1, 0.15) is 4.88 Å². The topological polar surface area (TPSA) is 114 Å². The molecule has 1 aromatic rings. The van der Waals surface area contributed by atoms with Gasteiger partial charge in [0, 0.05) is 11.0 Å². The molecule has 27 heavy (non-hydrogen) atoms. The first-order chi connectivity index (χ1) is 12.2. The molecule has 0 aliphatic carbocycles. The summed E-state index contributed by atoms with van der Waals surface area (Å²) in [5.41, 5.74) is -0.437. The van der Waals surface area contributed by atoms with Crippen molar-refractivity contribution in [3.05, 3.63) is 16.5 Å². The lowest BCUT2D eigenvalue weighted by atomic mass is 9.96. The second-order valence-corrected chi connectivity index (χ2v) is 9.21. The Hall–Kier alpha value is -2.42. The minimum atomic E-state index is -0.736. The van der Waals surface area contributed by atoms with Crippen LogP contribution in [0.2, 0.25) is 0 Å². The molecule has 3 N–H and O–H groups in total. The van der Waals surface area contributed by atoms with E-state index in [9.17, 15) is 19.2 Å². The summed E-state index contributed by atoms with van der Waals surface area (Å²) in [6, 6.07) is 1.00. The molecule has 150 valence electrons.